The molecule has 1 heterocycles. The van der Waals surface area contributed by atoms with Crippen LogP contribution in [-0.2, 0) is 0 Å². The van der Waals surface area contributed by atoms with Gasteiger partial charge in [-0.1, -0.05) is 6.92 Å². The van der Waals surface area contributed by atoms with E-state index in [-0.39, 0.29) is 0 Å². The Morgan fingerprint density at radius 3 is 2.12 bits per heavy atom. The summed E-state index contributed by atoms with van der Waals surface area (Å²) >= 11 is 0. The van der Waals surface area contributed by atoms with Gasteiger partial charge in [0.1, 0.15) is 0 Å². The molecule has 0 N–H and O–H groups in total. The summed E-state index contributed by atoms with van der Waals surface area (Å²) in [7, 11) is 0. The molecule has 0 aromatic rings. The van der Waals surface area contributed by atoms with Crippen LogP contribution >= 0.6 is 0 Å². The molecule has 0 bridgehead atoms. The van der Waals surface area contributed by atoms with Gasteiger partial charge in [-0.3, -0.25) is 0 Å². The third kappa shape index (κ3) is 1.60. The Bertz CT molecular complexity index is 78.5. The molecule has 0 saturated carbocycles. The molecule has 0 spiro atoms. The third-order valence-corrected chi connectivity index (χ3v) is 1.54. The molecule has 0 amide bonds. The Kier molecular flexibility index (Phi) is 2.00. The lowest BCUT2D eigenvalue weighted by Crippen LogP contribution is -1.94. The summed E-state index contributed by atoms with van der Waals surface area (Å²) < 4.78 is 0. The van der Waals surface area contributed by atoms with Crippen LogP contribution in [0.4, 0.5) is 0 Å². The molecule has 0 aliphatic carbocycles. The van der Waals surface area contributed by atoms with Crippen molar-refractivity contribution >= 4 is 0 Å². The van der Waals surface area contributed by atoms with Gasteiger partial charge < -0.3 is 0 Å². The van der Waals surface area contributed by atoms with E-state index in [0.717, 1.165) is 19.0 Å². The number of hydrogen-bond acceptors (Lipinski definition) is 2. The molecule has 0 atom stereocenters. The van der Waals surface area contributed by atoms with Gasteiger partial charge in [0.2, 0.25) is 0 Å². The van der Waals surface area contributed by atoms with Gasteiger partial charge in [0.25, 0.3) is 0 Å². The van der Waals surface area contributed by atoms with Crippen molar-refractivity contribution in [3.63, 3.8) is 0 Å². The minimum atomic E-state index is 0.838. The summed E-state index contributed by atoms with van der Waals surface area (Å²) in [5.74, 6) is 0.838. The largest absolute Gasteiger partial charge is 0.194 e. The first-order valence-electron chi connectivity index (χ1n) is 3.23. The molecule has 0 aromatic carbocycles. The van der Waals surface area contributed by atoms with Crippen LogP contribution in [0.1, 0.15) is 19.8 Å². The summed E-state index contributed by atoms with van der Waals surface area (Å²) in [6.45, 7) is 4.15. The normalized spacial score (nSPS) is 23.1. The van der Waals surface area contributed by atoms with E-state index >= 15 is 0 Å². The fraction of sp³-hybridized carbons (Fsp3) is 1.00. The number of hydrogen-bond donors (Lipinski definition) is 0. The molecule has 2 nitrogen and oxygen atoms in total. The van der Waals surface area contributed by atoms with Crippen LogP contribution in [0.25, 0.3) is 0 Å². The number of rotatable bonds is 0. The van der Waals surface area contributed by atoms with Crippen molar-refractivity contribution in [3.8, 4) is 0 Å². The molecule has 0 saturated heterocycles. The molecule has 46 valence electrons. The second kappa shape index (κ2) is 2.80. The lowest BCUT2D eigenvalue weighted by atomic mass is 10.1. The standard InChI is InChI=1S/C6H12N2/c1-6-2-4-7-8-5-3-6/h6H,2-5H2,1H3. The smallest absolute Gasteiger partial charge is 0.0601 e. The van der Waals surface area contributed by atoms with E-state index in [0.29, 0.717) is 0 Å². The molecular formula is C6H12N2. The van der Waals surface area contributed by atoms with Gasteiger partial charge in [0, 0.05) is 0 Å². The minimum Gasteiger partial charge on any atom is -0.194 e. The first-order valence-corrected chi connectivity index (χ1v) is 3.23. The van der Waals surface area contributed by atoms with E-state index in [1.54, 1.807) is 0 Å². The second-order valence-corrected chi connectivity index (χ2v) is 2.41. The molecule has 2 heteroatoms. The maximum absolute atomic E-state index is 3.95. The summed E-state index contributed by atoms with van der Waals surface area (Å²) in [5.41, 5.74) is 0. The van der Waals surface area contributed by atoms with E-state index in [1.165, 1.54) is 12.8 Å². The average Bonchev–Trinajstić information content (AvgIpc) is 1.94. The van der Waals surface area contributed by atoms with E-state index < -0.39 is 0 Å². The van der Waals surface area contributed by atoms with Crippen molar-refractivity contribution in [2.24, 2.45) is 16.1 Å². The Hall–Kier alpha value is -0.400. The van der Waals surface area contributed by atoms with Crippen LogP contribution in [0, 0.1) is 5.92 Å². The maximum Gasteiger partial charge on any atom is 0.0601 e. The van der Waals surface area contributed by atoms with Gasteiger partial charge in [0.05, 0.1) is 13.1 Å². The van der Waals surface area contributed by atoms with Gasteiger partial charge in [-0.2, -0.15) is 10.2 Å². The van der Waals surface area contributed by atoms with Crippen LogP contribution in [0.15, 0.2) is 10.2 Å². The highest BCUT2D eigenvalue weighted by atomic mass is 15.1. The fourth-order valence-corrected chi connectivity index (χ4v) is 0.842. The molecule has 8 heavy (non-hydrogen) atoms. The zero-order chi connectivity index (χ0) is 5.82. The van der Waals surface area contributed by atoms with Gasteiger partial charge in [0.15, 0.2) is 0 Å². The molecule has 0 fully saturated rings. The minimum absolute atomic E-state index is 0.838. The number of nitrogens with zero attached hydrogens (tertiary/aromatic N) is 2. The molecule has 1 rings (SSSR count). The lowest BCUT2D eigenvalue weighted by molar-refractivity contribution is 0.530. The van der Waals surface area contributed by atoms with Crippen molar-refractivity contribution in [2.75, 3.05) is 13.1 Å². The van der Waals surface area contributed by atoms with Gasteiger partial charge >= 0.3 is 0 Å². The molecule has 1 aliphatic heterocycles. The fourth-order valence-electron chi connectivity index (χ4n) is 0.842. The number of azo groups is 1. The summed E-state index contributed by atoms with van der Waals surface area (Å²) in [5, 5.41) is 7.89. The van der Waals surface area contributed by atoms with E-state index in [4.69, 9.17) is 0 Å². The highest BCUT2D eigenvalue weighted by molar-refractivity contribution is 4.59. The average molecular weight is 112 g/mol. The second-order valence-electron chi connectivity index (χ2n) is 2.41. The van der Waals surface area contributed by atoms with Crippen LogP contribution in [-0.4, -0.2) is 13.1 Å². The first kappa shape index (κ1) is 5.73. The molecule has 1 aliphatic rings. The van der Waals surface area contributed by atoms with Crippen molar-refractivity contribution in [1.29, 1.82) is 0 Å². The summed E-state index contributed by atoms with van der Waals surface area (Å²) in [6.07, 6.45) is 2.45. The van der Waals surface area contributed by atoms with Crippen LogP contribution in [0.5, 0.6) is 0 Å². The lowest BCUT2D eigenvalue weighted by Gasteiger charge is -2.01. The molecule has 0 radical (unpaired) electrons. The highest BCUT2D eigenvalue weighted by Crippen LogP contribution is 2.10. The van der Waals surface area contributed by atoms with Crippen LogP contribution < -0.4 is 0 Å². The van der Waals surface area contributed by atoms with Crippen LogP contribution in [0.2, 0.25) is 0 Å². The monoisotopic (exact) mass is 112 g/mol. The zero-order valence-electron chi connectivity index (χ0n) is 5.30. The van der Waals surface area contributed by atoms with E-state index in [2.05, 4.69) is 17.2 Å². The first-order chi connectivity index (χ1) is 3.89. The Morgan fingerprint density at radius 2 is 1.62 bits per heavy atom. The van der Waals surface area contributed by atoms with Crippen molar-refractivity contribution in [1.82, 2.24) is 0 Å². The zero-order valence-corrected chi connectivity index (χ0v) is 5.30. The van der Waals surface area contributed by atoms with Gasteiger partial charge in [-0.25, -0.2) is 0 Å². The van der Waals surface area contributed by atoms with E-state index in [1.807, 2.05) is 0 Å². The van der Waals surface area contributed by atoms with Crippen molar-refractivity contribution < 1.29 is 0 Å². The topological polar surface area (TPSA) is 24.7 Å². The molecule has 0 aromatic heterocycles. The molecular weight excluding hydrogens is 100 g/mol. The van der Waals surface area contributed by atoms with Crippen molar-refractivity contribution in [3.05, 3.63) is 0 Å². The molecule has 0 unspecified atom stereocenters. The van der Waals surface area contributed by atoms with Gasteiger partial charge in [-0.15, -0.1) is 0 Å². The quantitative estimate of drug-likeness (QED) is 0.457. The SMILES string of the molecule is CC1CCN=NCC1. The Balaban J connectivity index is 2.28. The summed E-state index contributed by atoms with van der Waals surface area (Å²) in [6, 6.07) is 0. The third-order valence-electron chi connectivity index (χ3n) is 1.54. The van der Waals surface area contributed by atoms with Crippen LogP contribution in [0.3, 0.4) is 0 Å². The van der Waals surface area contributed by atoms with Crippen molar-refractivity contribution in [2.45, 2.75) is 19.8 Å². The Labute approximate surface area is 50.0 Å². The van der Waals surface area contributed by atoms with E-state index in [9.17, 15) is 0 Å². The van der Waals surface area contributed by atoms with Gasteiger partial charge in [-0.05, 0) is 18.8 Å². The Morgan fingerprint density at radius 1 is 1.12 bits per heavy atom. The predicted molar refractivity (Wildman–Crippen MR) is 33.0 cm³/mol. The predicted octanol–water partition coefficient (Wildman–Crippen LogP) is 1.87. The highest BCUT2D eigenvalue weighted by Gasteiger charge is 2.02. The maximum atomic E-state index is 3.95. The summed E-state index contributed by atoms with van der Waals surface area (Å²) in [4.78, 5) is 0.